The maximum absolute atomic E-state index is 12.1. The van der Waals surface area contributed by atoms with E-state index in [0.29, 0.717) is 26.2 Å². The van der Waals surface area contributed by atoms with E-state index in [1.54, 1.807) is 19.2 Å². The number of piperazine rings is 1. The van der Waals surface area contributed by atoms with Crippen LogP contribution < -0.4 is 4.90 Å². The number of anilines is 1. The van der Waals surface area contributed by atoms with E-state index in [1.807, 2.05) is 4.90 Å². The highest BCUT2D eigenvalue weighted by Gasteiger charge is 2.30. The molecular formula is C12H19N3O4S2. The summed E-state index contributed by atoms with van der Waals surface area (Å²) in [5.74, 6) is -0.460. The number of ether oxygens (including phenoxy) is 1. The standard InChI is InChI=1S/C12H19N3O4S2/c1-9(2)21(17,18)15-6-4-14(5-7-15)12-13-10(8-20-12)11(16)19-3/h8-9H,4-7H2,1-3H3. The Labute approximate surface area is 128 Å². The molecule has 1 aromatic rings. The second kappa shape index (κ2) is 6.29. The van der Waals surface area contributed by atoms with Crippen molar-refractivity contribution in [1.82, 2.24) is 9.29 Å². The molecule has 0 atom stereocenters. The molecule has 1 aliphatic heterocycles. The van der Waals surface area contributed by atoms with E-state index in [4.69, 9.17) is 0 Å². The number of hydrogen-bond acceptors (Lipinski definition) is 7. The summed E-state index contributed by atoms with van der Waals surface area (Å²) in [6.07, 6.45) is 0. The van der Waals surface area contributed by atoms with Crippen LogP contribution in [-0.4, -0.2) is 62.2 Å². The van der Waals surface area contributed by atoms with Crippen LogP contribution in [0.3, 0.4) is 0 Å². The predicted octanol–water partition coefficient (Wildman–Crippen LogP) is 0.790. The summed E-state index contributed by atoms with van der Waals surface area (Å²) in [6, 6.07) is 0. The minimum Gasteiger partial charge on any atom is -0.464 e. The van der Waals surface area contributed by atoms with Gasteiger partial charge in [-0.2, -0.15) is 4.31 Å². The fourth-order valence-corrected chi connectivity index (χ4v) is 4.16. The zero-order valence-corrected chi connectivity index (χ0v) is 13.9. The second-order valence-corrected chi connectivity index (χ2v) is 8.31. The first kappa shape index (κ1) is 16.2. The number of carbonyl (C=O) groups excluding carboxylic acids is 1. The Morgan fingerprint density at radius 3 is 2.48 bits per heavy atom. The Hall–Kier alpha value is -1.19. The van der Waals surface area contributed by atoms with Crippen molar-refractivity contribution in [1.29, 1.82) is 0 Å². The van der Waals surface area contributed by atoms with E-state index in [1.165, 1.54) is 22.8 Å². The first-order chi connectivity index (χ1) is 9.86. The number of rotatable bonds is 4. The maximum atomic E-state index is 12.1. The molecule has 2 rings (SSSR count). The highest BCUT2D eigenvalue weighted by atomic mass is 32.2. The van der Waals surface area contributed by atoms with Crippen molar-refractivity contribution < 1.29 is 17.9 Å². The van der Waals surface area contributed by atoms with Gasteiger partial charge in [0.25, 0.3) is 0 Å². The lowest BCUT2D eigenvalue weighted by Gasteiger charge is -2.34. The van der Waals surface area contributed by atoms with Crippen LogP contribution in [-0.2, 0) is 14.8 Å². The molecule has 0 aliphatic carbocycles. The summed E-state index contributed by atoms with van der Waals surface area (Å²) in [5.41, 5.74) is 0.287. The minimum absolute atomic E-state index is 0.287. The van der Waals surface area contributed by atoms with E-state index >= 15 is 0 Å². The summed E-state index contributed by atoms with van der Waals surface area (Å²) in [6.45, 7) is 5.39. The molecule has 1 fully saturated rings. The van der Waals surface area contributed by atoms with E-state index in [2.05, 4.69) is 9.72 Å². The zero-order chi connectivity index (χ0) is 15.6. The van der Waals surface area contributed by atoms with E-state index in [9.17, 15) is 13.2 Å². The highest BCUT2D eigenvalue weighted by molar-refractivity contribution is 7.89. The third-order valence-electron chi connectivity index (χ3n) is 3.35. The summed E-state index contributed by atoms with van der Waals surface area (Å²) in [4.78, 5) is 17.6. The van der Waals surface area contributed by atoms with Gasteiger partial charge in [0, 0.05) is 31.6 Å². The van der Waals surface area contributed by atoms with Gasteiger partial charge >= 0.3 is 5.97 Å². The average molecular weight is 333 g/mol. The Balaban J connectivity index is 2.01. The van der Waals surface area contributed by atoms with Crippen LogP contribution in [0.2, 0.25) is 0 Å². The maximum Gasteiger partial charge on any atom is 0.357 e. The van der Waals surface area contributed by atoms with Gasteiger partial charge in [0.1, 0.15) is 0 Å². The fraction of sp³-hybridized carbons (Fsp3) is 0.667. The van der Waals surface area contributed by atoms with E-state index in [-0.39, 0.29) is 5.69 Å². The molecule has 118 valence electrons. The molecule has 0 saturated carbocycles. The van der Waals surface area contributed by atoms with Crippen LogP contribution in [0.25, 0.3) is 0 Å². The minimum atomic E-state index is -3.20. The molecule has 0 N–H and O–H groups in total. The Morgan fingerprint density at radius 2 is 1.95 bits per heavy atom. The highest BCUT2D eigenvalue weighted by Crippen LogP contribution is 2.23. The van der Waals surface area contributed by atoms with Crippen LogP contribution in [0, 0.1) is 0 Å². The lowest BCUT2D eigenvalue weighted by atomic mass is 10.4. The smallest absolute Gasteiger partial charge is 0.357 e. The molecule has 0 amide bonds. The van der Waals surface area contributed by atoms with Crippen LogP contribution in [0.4, 0.5) is 5.13 Å². The van der Waals surface area contributed by atoms with Gasteiger partial charge in [0.2, 0.25) is 10.0 Å². The number of aromatic nitrogens is 1. The van der Waals surface area contributed by atoms with Crippen LogP contribution in [0.5, 0.6) is 0 Å². The van der Waals surface area contributed by atoms with Gasteiger partial charge in [0.15, 0.2) is 10.8 Å². The monoisotopic (exact) mass is 333 g/mol. The second-order valence-electron chi connectivity index (χ2n) is 4.99. The lowest BCUT2D eigenvalue weighted by Crippen LogP contribution is -2.50. The molecule has 1 saturated heterocycles. The van der Waals surface area contributed by atoms with Crippen molar-refractivity contribution in [2.75, 3.05) is 38.2 Å². The van der Waals surface area contributed by atoms with Crippen molar-refractivity contribution >= 4 is 32.5 Å². The van der Waals surface area contributed by atoms with Crippen LogP contribution in [0.1, 0.15) is 24.3 Å². The van der Waals surface area contributed by atoms with Crippen molar-refractivity contribution in [2.24, 2.45) is 0 Å². The number of methoxy groups -OCH3 is 1. The van der Waals surface area contributed by atoms with Gasteiger partial charge in [-0.15, -0.1) is 11.3 Å². The number of nitrogens with zero attached hydrogens (tertiary/aromatic N) is 3. The fourth-order valence-electron chi connectivity index (χ4n) is 2.04. The molecular weight excluding hydrogens is 314 g/mol. The van der Waals surface area contributed by atoms with Crippen LogP contribution in [0.15, 0.2) is 5.38 Å². The van der Waals surface area contributed by atoms with Crippen molar-refractivity contribution in [3.63, 3.8) is 0 Å². The molecule has 0 bridgehead atoms. The average Bonchev–Trinajstić information content (AvgIpc) is 2.96. The van der Waals surface area contributed by atoms with Gasteiger partial charge in [-0.1, -0.05) is 0 Å². The Kier molecular flexibility index (Phi) is 4.84. The molecule has 1 aliphatic rings. The third kappa shape index (κ3) is 3.35. The van der Waals surface area contributed by atoms with Gasteiger partial charge in [-0.25, -0.2) is 18.2 Å². The molecule has 7 nitrogen and oxygen atoms in total. The quantitative estimate of drug-likeness (QED) is 0.758. The molecule has 0 radical (unpaired) electrons. The molecule has 0 unspecified atom stereocenters. The van der Waals surface area contributed by atoms with Gasteiger partial charge in [-0.05, 0) is 13.8 Å². The first-order valence-corrected chi connectivity index (χ1v) is 9.02. The number of hydrogen-bond donors (Lipinski definition) is 0. The lowest BCUT2D eigenvalue weighted by molar-refractivity contribution is 0.0595. The summed E-state index contributed by atoms with van der Waals surface area (Å²) in [7, 11) is -1.89. The Bertz CT molecular complexity index is 604. The van der Waals surface area contributed by atoms with Crippen molar-refractivity contribution in [3.05, 3.63) is 11.1 Å². The number of sulfonamides is 1. The van der Waals surface area contributed by atoms with E-state index < -0.39 is 21.2 Å². The third-order valence-corrected chi connectivity index (χ3v) is 6.53. The van der Waals surface area contributed by atoms with Crippen molar-refractivity contribution in [2.45, 2.75) is 19.1 Å². The molecule has 0 spiro atoms. The topological polar surface area (TPSA) is 79.8 Å². The Morgan fingerprint density at radius 1 is 1.33 bits per heavy atom. The molecule has 1 aromatic heterocycles. The summed E-state index contributed by atoms with van der Waals surface area (Å²) < 4.78 is 30.3. The van der Waals surface area contributed by atoms with E-state index in [0.717, 1.165) is 5.13 Å². The van der Waals surface area contributed by atoms with Gasteiger partial charge in [0.05, 0.1) is 12.4 Å². The number of thiazole rings is 1. The van der Waals surface area contributed by atoms with Crippen molar-refractivity contribution in [3.8, 4) is 0 Å². The molecule has 9 heteroatoms. The summed E-state index contributed by atoms with van der Waals surface area (Å²) in [5, 5.41) is 1.96. The normalized spacial score (nSPS) is 17.2. The predicted molar refractivity (Wildman–Crippen MR) is 81.3 cm³/mol. The number of esters is 1. The van der Waals surface area contributed by atoms with Gasteiger partial charge < -0.3 is 9.64 Å². The summed E-state index contributed by atoms with van der Waals surface area (Å²) >= 11 is 1.36. The van der Waals surface area contributed by atoms with Crippen LogP contribution >= 0.6 is 11.3 Å². The molecule has 2 heterocycles. The largest absolute Gasteiger partial charge is 0.464 e. The molecule has 21 heavy (non-hydrogen) atoms. The number of carbonyl (C=O) groups is 1. The zero-order valence-electron chi connectivity index (χ0n) is 12.3. The first-order valence-electron chi connectivity index (χ1n) is 6.64. The SMILES string of the molecule is COC(=O)c1csc(N2CCN(S(=O)(=O)C(C)C)CC2)n1. The van der Waals surface area contributed by atoms with Gasteiger partial charge in [-0.3, -0.25) is 0 Å². The molecule has 0 aromatic carbocycles.